The average molecular weight is 1420 g/mol. The van der Waals surface area contributed by atoms with Gasteiger partial charge >= 0.3 is 39.5 Å². The van der Waals surface area contributed by atoms with Crippen molar-refractivity contribution in [1.82, 2.24) is 0 Å². The normalized spacial score (nSPS) is 14.6. The Labute approximate surface area is 594 Å². The van der Waals surface area contributed by atoms with Crippen molar-refractivity contribution >= 4 is 39.5 Å². The Morgan fingerprint density at radius 2 is 0.495 bits per heavy atom. The summed E-state index contributed by atoms with van der Waals surface area (Å²) >= 11 is 0. The summed E-state index contributed by atoms with van der Waals surface area (Å²) in [6, 6.07) is 0. The number of hydrogen-bond acceptors (Lipinski definition) is 15. The molecule has 97 heavy (non-hydrogen) atoms. The third kappa shape index (κ3) is 69.5. The summed E-state index contributed by atoms with van der Waals surface area (Å²) in [5, 5.41) is 10.6. The molecule has 576 valence electrons. The van der Waals surface area contributed by atoms with E-state index in [1.807, 2.05) is 0 Å². The number of esters is 4. The quantitative estimate of drug-likeness (QED) is 0.0222. The van der Waals surface area contributed by atoms with E-state index in [4.69, 9.17) is 37.0 Å². The van der Waals surface area contributed by atoms with Gasteiger partial charge in [0.2, 0.25) is 0 Å². The first-order valence-electron chi connectivity index (χ1n) is 40.3. The van der Waals surface area contributed by atoms with Crippen LogP contribution in [-0.4, -0.2) is 96.7 Å². The van der Waals surface area contributed by atoms with Crippen LogP contribution in [0.2, 0.25) is 0 Å². The fourth-order valence-electron chi connectivity index (χ4n) is 11.8. The van der Waals surface area contributed by atoms with Crippen molar-refractivity contribution in [2.75, 3.05) is 39.6 Å². The minimum absolute atomic E-state index is 0.105. The maximum Gasteiger partial charge on any atom is 0.472 e. The molecule has 0 aromatic heterocycles. The van der Waals surface area contributed by atoms with Crippen LogP contribution < -0.4 is 0 Å². The van der Waals surface area contributed by atoms with Crippen molar-refractivity contribution in [3.05, 3.63) is 0 Å². The summed E-state index contributed by atoms with van der Waals surface area (Å²) in [5.74, 6) is 0.979. The summed E-state index contributed by atoms with van der Waals surface area (Å²) in [6.07, 6.45) is 52.8. The van der Waals surface area contributed by atoms with Crippen molar-refractivity contribution in [1.29, 1.82) is 0 Å². The molecular weight excluding hydrogens is 1270 g/mol. The monoisotopic (exact) mass is 1420 g/mol. The minimum Gasteiger partial charge on any atom is -0.462 e. The van der Waals surface area contributed by atoms with E-state index in [9.17, 15) is 43.2 Å². The first-order chi connectivity index (χ1) is 46.7. The topological polar surface area (TPSA) is 237 Å². The highest BCUT2D eigenvalue weighted by Gasteiger charge is 2.30. The van der Waals surface area contributed by atoms with Gasteiger partial charge in [-0.3, -0.25) is 37.3 Å². The van der Waals surface area contributed by atoms with Crippen LogP contribution >= 0.6 is 15.6 Å². The highest BCUT2D eigenvalue weighted by Crippen LogP contribution is 2.45. The maximum atomic E-state index is 13.1. The second-order valence-electron chi connectivity index (χ2n) is 29.5. The lowest BCUT2D eigenvalue weighted by Gasteiger charge is -2.21. The molecule has 0 spiro atoms. The highest BCUT2D eigenvalue weighted by atomic mass is 31.2. The van der Waals surface area contributed by atoms with Crippen molar-refractivity contribution in [3.8, 4) is 0 Å². The lowest BCUT2D eigenvalue weighted by Crippen LogP contribution is -2.30. The number of phosphoric ester groups is 2. The molecule has 0 aliphatic heterocycles. The van der Waals surface area contributed by atoms with Gasteiger partial charge in [-0.1, -0.05) is 344 Å². The van der Waals surface area contributed by atoms with E-state index >= 15 is 0 Å². The van der Waals surface area contributed by atoms with Gasteiger partial charge in [0.15, 0.2) is 12.2 Å². The number of carbonyl (C=O) groups excluding carboxylic acids is 4. The summed E-state index contributed by atoms with van der Waals surface area (Å²) in [5.41, 5.74) is 0. The van der Waals surface area contributed by atoms with Crippen LogP contribution in [0.4, 0.5) is 0 Å². The molecule has 5 unspecified atom stereocenters. The molecule has 0 saturated carbocycles. The molecule has 0 fully saturated rings. The van der Waals surface area contributed by atoms with Crippen molar-refractivity contribution in [2.45, 2.75) is 414 Å². The molecule has 7 atom stereocenters. The Bertz CT molecular complexity index is 1910. The van der Waals surface area contributed by atoms with Gasteiger partial charge in [-0.15, -0.1) is 0 Å². The van der Waals surface area contributed by atoms with Crippen LogP contribution in [-0.2, 0) is 65.4 Å². The molecular formula is C78H152O17P2. The zero-order valence-corrected chi connectivity index (χ0v) is 65.5. The van der Waals surface area contributed by atoms with E-state index in [1.54, 1.807) is 0 Å². The molecule has 0 heterocycles. The van der Waals surface area contributed by atoms with Crippen LogP contribution in [0.25, 0.3) is 0 Å². The average Bonchev–Trinajstić information content (AvgIpc) is 1.44. The predicted octanol–water partition coefficient (Wildman–Crippen LogP) is 22.8. The highest BCUT2D eigenvalue weighted by molar-refractivity contribution is 7.47. The summed E-state index contributed by atoms with van der Waals surface area (Å²) < 4.78 is 68.6. The first-order valence-corrected chi connectivity index (χ1v) is 43.3. The zero-order valence-electron chi connectivity index (χ0n) is 63.7. The number of hydrogen-bond donors (Lipinski definition) is 3. The van der Waals surface area contributed by atoms with E-state index in [0.717, 1.165) is 114 Å². The molecule has 0 rings (SSSR count). The summed E-state index contributed by atoms with van der Waals surface area (Å²) in [7, 11) is -9.92. The van der Waals surface area contributed by atoms with Crippen molar-refractivity contribution in [2.24, 2.45) is 23.7 Å². The molecule has 17 nitrogen and oxygen atoms in total. The van der Waals surface area contributed by atoms with E-state index in [-0.39, 0.29) is 25.7 Å². The first kappa shape index (κ1) is 95.1. The third-order valence-corrected chi connectivity index (χ3v) is 20.7. The number of aliphatic hydroxyl groups excluding tert-OH is 1. The van der Waals surface area contributed by atoms with Gasteiger partial charge < -0.3 is 33.8 Å². The second kappa shape index (κ2) is 67.2. The molecule has 0 amide bonds. The van der Waals surface area contributed by atoms with Gasteiger partial charge in [0.05, 0.1) is 26.4 Å². The lowest BCUT2D eigenvalue weighted by molar-refractivity contribution is -0.161. The number of unbranched alkanes of at least 4 members (excludes halogenated alkanes) is 39. The Morgan fingerprint density at radius 1 is 0.289 bits per heavy atom. The third-order valence-electron chi connectivity index (χ3n) is 18.8. The molecule has 0 aliphatic carbocycles. The zero-order chi connectivity index (χ0) is 71.7. The Balaban J connectivity index is 5.19. The van der Waals surface area contributed by atoms with Gasteiger partial charge in [0.1, 0.15) is 19.3 Å². The SMILES string of the molecule is CCC(C)CCCCCCCCCCCCC(=O)O[C@H](COC(=O)CCCCCCCCCC(C)C)COP(=O)(O)OCC(O)COP(=O)(O)OC[C@@H](COC(=O)CCCCCCCCCCCCCCCCCCCCC(C)C)OC(=O)CCCCCCCCCCC(C)CC. The van der Waals surface area contributed by atoms with Crippen molar-refractivity contribution in [3.63, 3.8) is 0 Å². The maximum absolute atomic E-state index is 13.1. The Kier molecular flexibility index (Phi) is 65.9. The van der Waals surface area contributed by atoms with E-state index in [1.165, 1.54) is 193 Å². The largest absolute Gasteiger partial charge is 0.472 e. The predicted molar refractivity (Wildman–Crippen MR) is 395 cm³/mol. The fourth-order valence-corrected chi connectivity index (χ4v) is 13.4. The van der Waals surface area contributed by atoms with Crippen LogP contribution in [0.5, 0.6) is 0 Å². The van der Waals surface area contributed by atoms with Gasteiger partial charge in [-0.25, -0.2) is 9.13 Å². The number of phosphoric acid groups is 2. The Hall–Kier alpha value is -1.94. The molecule has 0 aromatic rings. The number of rotatable bonds is 75. The molecule has 0 radical (unpaired) electrons. The van der Waals surface area contributed by atoms with E-state index < -0.39 is 97.5 Å². The van der Waals surface area contributed by atoms with Crippen molar-refractivity contribution < 1.29 is 80.2 Å². The van der Waals surface area contributed by atoms with Gasteiger partial charge in [-0.2, -0.15) is 0 Å². The second-order valence-corrected chi connectivity index (χ2v) is 32.4. The minimum atomic E-state index is -4.96. The molecule has 0 aliphatic rings. The van der Waals surface area contributed by atoms with Crippen LogP contribution in [0.3, 0.4) is 0 Å². The Morgan fingerprint density at radius 3 is 0.732 bits per heavy atom. The summed E-state index contributed by atoms with van der Waals surface area (Å²) in [4.78, 5) is 72.8. The van der Waals surface area contributed by atoms with Gasteiger partial charge in [0, 0.05) is 25.7 Å². The summed E-state index contributed by atoms with van der Waals surface area (Å²) in [6.45, 7) is 14.2. The number of aliphatic hydroxyl groups is 1. The standard InChI is InChI=1S/C78H152O17P2/c1-9-70(7)56-48-40-32-24-21-22-26-35-44-52-60-77(82)94-74(65-89-76(81)59-51-43-37-29-31-39-47-55-69(5)6)67-93-97(86,87)91-63-72(79)62-90-96(84,85)92-66-73(95-78(83)61-53-45-36-28-27-33-41-49-57-71(8)10-2)64-88-75(80)58-50-42-34-25-20-18-16-14-12-11-13-15-17-19-23-30-38-46-54-68(3)4/h68-74,79H,9-67H2,1-8H3,(H,84,85)(H,86,87)/t70?,71?,72?,73-,74-/m1/s1. The van der Waals surface area contributed by atoms with E-state index in [2.05, 4.69) is 55.4 Å². The van der Waals surface area contributed by atoms with Crippen LogP contribution in [0.1, 0.15) is 396 Å². The lowest BCUT2D eigenvalue weighted by atomic mass is 9.99. The number of carbonyl (C=O) groups is 4. The molecule has 19 heteroatoms. The van der Waals surface area contributed by atoms with Crippen LogP contribution in [0.15, 0.2) is 0 Å². The molecule has 0 aromatic carbocycles. The fraction of sp³-hybridized carbons (Fsp3) is 0.949. The molecule has 0 bridgehead atoms. The molecule has 0 saturated heterocycles. The molecule has 3 N–H and O–H groups in total. The van der Waals surface area contributed by atoms with Crippen LogP contribution in [0, 0.1) is 23.7 Å². The number of ether oxygens (including phenoxy) is 4. The smallest absolute Gasteiger partial charge is 0.462 e. The van der Waals surface area contributed by atoms with Gasteiger partial charge in [0.25, 0.3) is 0 Å². The van der Waals surface area contributed by atoms with E-state index in [0.29, 0.717) is 31.6 Å². The van der Waals surface area contributed by atoms with Gasteiger partial charge in [-0.05, 0) is 49.4 Å².